The Labute approximate surface area is 164 Å². The topological polar surface area (TPSA) is 85.4 Å². The standard InChI is InChI=1S/C19H18F2N2O4S/c1-11(2)16(25)23-13-7-5-12(6-8-13)15(24)10-27-18(26)14-4-3-9-22-17(14)28-19(20)21/h3-9,11,19H,10H2,1-2H3,(H,23,25). The molecule has 1 aromatic heterocycles. The summed E-state index contributed by atoms with van der Waals surface area (Å²) in [6.45, 7) is 2.97. The average Bonchev–Trinajstić information content (AvgIpc) is 2.66. The first-order chi connectivity index (χ1) is 13.3. The first kappa shape index (κ1) is 21.5. The fourth-order valence-electron chi connectivity index (χ4n) is 2.04. The van der Waals surface area contributed by atoms with Crippen molar-refractivity contribution in [3.63, 3.8) is 0 Å². The average molecular weight is 408 g/mol. The van der Waals surface area contributed by atoms with Crippen LogP contribution >= 0.6 is 11.8 Å². The summed E-state index contributed by atoms with van der Waals surface area (Å²) in [5.41, 5.74) is 0.687. The number of thioether (sulfide) groups is 1. The maximum atomic E-state index is 12.5. The first-order valence-corrected chi connectivity index (χ1v) is 9.17. The Morgan fingerprint density at radius 2 is 1.82 bits per heavy atom. The number of benzene rings is 1. The minimum atomic E-state index is -2.74. The molecule has 0 aliphatic carbocycles. The minimum absolute atomic E-state index is 0.128. The van der Waals surface area contributed by atoms with Crippen molar-refractivity contribution in [3.8, 4) is 0 Å². The molecule has 0 spiro atoms. The van der Waals surface area contributed by atoms with Crippen molar-refractivity contribution in [1.29, 1.82) is 0 Å². The predicted octanol–water partition coefficient (Wildman–Crippen LogP) is 4.03. The third-order valence-corrected chi connectivity index (χ3v) is 4.25. The van der Waals surface area contributed by atoms with Crippen LogP contribution in [0.4, 0.5) is 14.5 Å². The van der Waals surface area contributed by atoms with Crippen LogP contribution in [-0.4, -0.2) is 35.0 Å². The number of Topliss-reactive ketones (excluding diaryl/α,β-unsaturated/α-hetero) is 1. The number of alkyl halides is 2. The summed E-state index contributed by atoms with van der Waals surface area (Å²) in [7, 11) is 0. The molecule has 6 nitrogen and oxygen atoms in total. The first-order valence-electron chi connectivity index (χ1n) is 8.29. The fourth-order valence-corrected chi connectivity index (χ4v) is 2.61. The van der Waals surface area contributed by atoms with Crippen molar-refractivity contribution in [1.82, 2.24) is 4.98 Å². The van der Waals surface area contributed by atoms with Gasteiger partial charge in [0.1, 0.15) is 5.03 Å². The van der Waals surface area contributed by atoms with Crippen LogP contribution in [-0.2, 0) is 9.53 Å². The summed E-state index contributed by atoms with van der Waals surface area (Å²) in [5.74, 6) is -4.45. The number of carbonyl (C=O) groups is 3. The fraction of sp³-hybridized carbons (Fsp3) is 0.263. The number of ether oxygens (including phenoxy) is 1. The molecule has 0 saturated carbocycles. The van der Waals surface area contributed by atoms with Crippen LogP contribution in [0.5, 0.6) is 0 Å². The van der Waals surface area contributed by atoms with Gasteiger partial charge >= 0.3 is 5.97 Å². The van der Waals surface area contributed by atoms with Crippen LogP contribution in [0.2, 0.25) is 0 Å². The highest BCUT2D eigenvalue weighted by molar-refractivity contribution is 7.99. The molecule has 1 N–H and O–H groups in total. The van der Waals surface area contributed by atoms with Crippen LogP contribution in [0.3, 0.4) is 0 Å². The normalized spacial score (nSPS) is 10.8. The van der Waals surface area contributed by atoms with Crippen LogP contribution in [0.15, 0.2) is 47.6 Å². The number of pyridine rings is 1. The molecule has 0 aliphatic heterocycles. The molecule has 28 heavy (non-hydrogen) atoms. The maximum absolute atomic E-state index is 12.5. The summed E-state index contributed by atoms with van der Waals surface area (Å²) in [6.07, 6.45) is 1.28. The molecule has 148 valence electrons. The molecule has 0 unspecified atom stereocenters. The molecule has 0 bridgehead atoms. The third-order valence-electron chi connectivity index (χ3n) is 3.52. The second-order valence-corrected chi connectivity index (χ2v) is 6.93. The van der Waals surface area contributed by atoms with Gasteiger partial charge in [0.2, 0.25) is 5.91 Å². The Morgan fingerprint density at radius 3 is 2.43 bits per heavy atom. The zero-order chi connectivity index (χ0) is 20.7. The quantitative estimate of drug-likeness (QED) is 0.403. The lowest BCUT2D eigenvalue weighted by Gasteiger charge is -2.09. The largest absolute Gasteiger partial charge is 0.454 e. The number of aromatic nitrogens is 1. The van der Waals surface area contributed by atoms with E-state index in [1.54, 1.807) is 26.0 Å². The van der Waals surface area contributed by atoms with E-state index in [9.17, 15) is 23.2 Å². The Bertz CT molecular complexity index is 857. The van der Waals surface area contributed by atoms with Gasteiger partial charge in [0.25, 0.3) is 5.76 Å². The van der Waals surface area contributed by atoms with Crippen molar-refractivity contribution in [2.75, 3.05) is 11.9 Å². The van der Waals surface area contributed by atoms with Crippen molar-refractivity contribution >= 4 is 35.1 Å². The second-order valence-electron chi connectivity index (χ2n) is 5.96. The van der Waals surface area contributed by atoms with E-state index >= 15 is 0 Å². The molecule has 2 aromatic rings. The number of nitrogens with zero attached hydrogens (tertiary/aromatic N) is 1. The van der Waals surface area contributed by atoms with E-state index in [1.165, 1.54) is 30.5 Å². The Morgan fingerprint density at radius 1 is 1.14 bits per heavy atom. The molecule has 0 fully saturated rings. The predicted molar refractivity (Wildman–Crippen MR) is 101 cm³/mol. The van der Waals surface area contributed by atoms with Crippen LogP contribution < -0.4 is 5.32 Å². The van der Waals surface area contributed by atoms with Gasteiger partial charge in [0.05, 0.1) is 5.56 Å². The lowest BCUT2D eigenvalue weighted by molar-refractivity contribution is -0.118. The Hall–Kier alpha value is -2.81. The van der Waals surface area contributed by atoms with Crippen molar-refractivity contribution in [2.45, 2.75) is 24.6 Å². The smallest absolute Gasteiger partial charge is 0.341 e. The van der Waals surface area contributed by atoms with Gasteiger partial charge in [-0.1, -0.05) is 13.8 Å². The molecule has 0 aliphatic rings. The molecule has 0 atom stereocenters. The maximum Gasteiger partial charge on any atom is 0.341 e. The van der Waals surface area contributed by atoms with E-state index in [0.717, 1.165) is 0 Å². The Balaban J connectivity index is 1.97. The van der Waals surface area contributed by atoms with Gasteiger partial charge in [-0.05, 0) is 48.2 Å². The summed E-state index contributed by atoms with van der Waals surface area (Å²) < 4.78 is 30.0. The van der Waals surface area contributed by atoms with Gasteiger partial charge in [0, 0.05) is 23.4 Å². The van der Waals surface area contributed by atoms with E-state index in [1.807, 2.05) is 0 Å². The number of esters is 1. The van der Waals surface area contributed by atoms with Crippen molar-refractivity contribution in [3.05, 3.63) is 53.7 Å². The summed E-state index contributed by atoms with van der Waals surface area (Å²) >= 11 is 0.128. The molecular weight excluding hydrogens is 390 g/mol. The van der Waals surface area contributed by atoms with Crippen LogP contribution in [0.25, 0.3) is 0 Å². The number of amides is 1. The summed E-state index contributed by atoms with van der Waals surface area (Å²) in [4.78, 5) is 39.7. The third kappa shape index (κ3) is 6.12. The van der Waals surface area contributed by atoms with Gasteiger partial charge in [-0.2, -0.15) is 8.78 Å². The number of halogens is 2. The number of rotatable bonds is 8. The zero-order valence-corrected chi connectivity index (χ0v) is 16.0. The highest BCUT2D eigenvalue weighted by Crippen LogP contribution is 2.26. The highest BCUT2D eigenvalue weighted by atomic mass is 32.2. The van der Waals surface area contributed by atoms with Gasteiger partial charge in [-0.3, -0.25) is 9.59 Å². The van der Waals surface area contributed by atoms with Gasteiger partial charge in [-0.15, -0.1) is 0 Å². The van der Waals surface area contributed by atoms with E-state index in [0.29, 0.717) is 5.69 Å². The van der Waals surface area contributed by atoms with Gasteiger partial charge in [-0.25, -0.2) is 9.78 Å². The van der Waals surface area contributed by atoms with Crippen molar-refractivity contribution < 1.29 is 27.9 Å². The van der Waals surface area contributed by atoms with Crippen LogP contribution in [0.1, 0.15) is 34.6 Å². The number of anilines is 1. The molecular formula is C19H18F2N2O4S. The van der Waals surface area contributed by atoms with E-state index in [2.05, 4.69) is 10.3 Å². The highest BCUT2D eigenvalue weighted by Gasteiger charge is 2.19. The summed E-state index contributed by atoms with van der Waals surface area (Å²) in [6, 6.07) is 8.83. The molecule has 1 heterocycles. The molecule has 0 radical (unpaired) electrons. The SMILES string of the molecule is CC(C)C(=O)Nc1ccc(C(=O)COC(=O)c2cccnc2SC(F)F)cc1. The van der Waals surface area contributed by atoms with Gasteiger partial charge in [0.15, 0.2) is 12.4 Å². The summed E-state index contributed by atoms with van der Waals surface area (Å²) in [5, 5.41) is 2.53. The second kappa shape index (κ2) is 9.93. The van der Waals surface area contributed by atoms with E-state index in [-0.39, 0.29) is 39.7 Å². The zero-order valence-electron chi connectivity index (χ0n) is 15.1. The molecule has 2 rings (SSSR count). The molecule has 9 heteroatoms. The number of carbonyl (C=O) groups excluding carboxylic acids is 3. The molecule has 0 saturated heterocycles. The molecule has 1 amide bonds. The lowest BCUT2D eigenvalue weighted by atomic mass is 10.1. The number of hydrogen-bond donors (Lipinski definition) is 1. The van der Waals surface area contributed by atoms with Crippen molar-refractivity contribution in [2.24, 2.45) is 5.92 Å². The molecule has 1 aromatic carbocycles. The Kier molecular flexibility index (Phi) is 7.62. The lowest BCUT2D eigenvalue weighted by Crippen LogP contribution is -2.18. The van der Waals surface area contributed by atoms with Crippen LogP contribution in [0, 0.1) is 5.92 Å². The van der Waals surface area contributed by atoms with E-state index < -0.39 is 24.1 Å². The van der Waals surface area contributed by atoms with Gasteiger partial charge < -0.3 is 10.1 Å². The number of nitrogens with one attached hydrogen (secondary N) is 1. The number of hydrogen-bond acceptors (Lipinski definition) is 6. The minimum Gasteiger partial charge on any atom is -0.454 e. The number of ketones is 1. The van der Waals surface area contributed by atoms with E-state index in [4.69, 9.17) is 4.74 Å². The monoisotopic (exact) mass is 408 g/mol.